The maximum absolute atomic E-state index is 10.6. The Hall–Kier alpha value is -0.120. The van der Waals surface area contributed by atoms with E-state index in [1.807, 2.05) is 6.92 Å². The lowest BCUT2D eigenvalue weighted by molar-refractivity contribution is -0.201. The molecule has 0 bridgehead atoms. The Bertz CT molecular complexity index is 307. The van der Waals surface area contributed by atoms with Gasteiger partial charge in [0.15, 0.2) is 0 Å². The highest BCUT2D eigenvalue weighted by Gasteiger charge is 2.55. The minimum absolute atomic E-state index is 0.0255. The molecule has 3 N–H and O–H groups in total. The zero-order valence-electron chi connectivity index (χ0n) is 12.1. The molecule has 0 radical (unpaired) electrons. The Balaban J connectivity index is 2.32. The lowest BCUT2D eigenvalue weighted by Gasteiger charge is -2.55. The van der Waals surface area contributed by atoms with Gasteiger partial charge in [-0.3, -0.25) is 0 Å². The second-order valence-corrected chi connectivity index (χ2v) is 7.33. The van der Waals surface area contributed by atoms with Crippen LogP contribution in [0.25, 0.3) is 0 Å². The summed E-state index contributed by atoms with van der Waals surface area (Å²) < 4.78 is 0. The predicted octanol–water partition coefficient (Wildman–Crippen LogP) is 1.94. The predicted molar refractivity (Wildman–Crippen MR) is 71.0 cm³/mol. The van der Waals surface area contributed by atoms with Gasteiger partial charge in [-0.15, -0.1) is 0 Å². The molecule has 0 aliphatic heterocycles. The molecule has 0 aromatic rings. The van der Waals surface area contributed by atoms with E-state index in [0.29, 0.717) is 18.3 Å². The molecule has 2 aliphatic rings. The Morgan fingerprint density at radius 2 is 1.56 bits per heavy atom. The lowest BCUT2D eigenvalue weighted by atomic mass is 9.54. The molecule has 6 atom stereocenters. The van der Waals surface area contributed by atoms with Gasteiger partial charge in [0.1, 0.15) is 0 Å². The maximum atomic E-state index is 10.6. The SMILES string of the molecule is CC(C)C1CCC(C)(O)C2CCC(C)(O)C(O)C12. The highest BCUT2D eigenvalue weighted by Crippen LogP contribution is 2.52. The van der Waals surface area contributed by atoms with Crippen LogP contribution in [0.1, 0.15) is 53.4 Å². The monoisotopic (exact) mass is 256 g/mol. The summed E-state index contributed by atoms with van der Waals surface area (Å²) in [6.45, 7) is 7.98. The van der Waals surface area contributed by atoms with Gasteiger partial charge in [-0.1, -0.05) is 13.8 Å². The van der Waals surface area contributed by atoms with Gasteiger partial charge in [-0.25, -0.2) is 0 Å². The second-order valence-electron chi connectivity index (χ2n) is 7.33. The highest BCUT2D eigenvalue weighted by molar-refractivity contribution is 5.05. The minimum atomic E-state index is -0.998. The molecule has 0 heterocycles. The van der Waals surface area contributed by atoms with Crippen molar-refractivity contribution >= 4 is 0 Å². The van der Waals surface area contributed by atoms with Gasteiger partial charge in [0.05, 0.1) is 17.3 Å². The Morgan fingerprint density at radius 3 is 2.11 bits per heavy atom. The Kier molecular flexibility index (Phi) is 3.54. The largest absolute Gasteiger partial charge is 0.390 e. The van der Waals surface area contributed by atoms with E-state index < -0.39 is 17.3 Å². The highest BCUT2D eigenvalue weighted by atomic mass is 16.3. The molecule has 3 nitrogen and oxygen atoms in total. The number of rotatable bonds is 1. The summed E-state index contributed by atoms with van der Waals surface area (Å²) in [5.74, 6) is 1.03. The van der Waals surface area contributed by atoms with Crippen LogP contribution in [0.3, 0.4) is 0 Å². The van der Waals surface area contributed by atoms with Crippen molar-refractivity contribution in [2.45, 2.75) is 70.7 Å². The molecule has 0 spiro atoms. The molecule has 0 amide bonds. The third-order valence-electron chi connectivity index (χ3n) is 5.56. The smallest absolute Gasteiger partial charge is 0.0880 e. The van der Waals surface area contributed by atoms with Crippen LogP contribution >= 0.6 is 0 Å². The van der Waals surface area contributed by atoms with Gasteiger partial charge in [0.2, 0.25) is 0 Å². The topological polar surface area (TPSA) is 60.7 Å². The van der Waals surface area contributed by atoms with Crippen LogP contribution in [0.5, 0.6) is 0 Å². The molecule has 0 aromatic carbocycles. The van der Waals surface area contributed by atoms with Crippen molar-refractivity contribution in [2.24, 2.45) is 23.7 Å². The average Bonchev–Trinajstić information content (AvgIpc) is 2.23. The van der Waals surface area contributed by atoms with Crippen molar-refractivity contribution in [3.05, 3.63) is 0 Å². The molecule has 18 heavy (non-hydrogen) atoms. The van der Waals surface area contributed by atoms with Gasteiger partial charge >= 0.3 is 0 Å². The summed E-state index contributed by atoms with van der Waals surface area (Å²) in [4.78, 5) is 0. The zero-order valence-corrected chi connectivity index (χ0v) is 12.1. The normalized spacial score (nSPS) is 53.3. The van der Waals surface area contributed by atoms with Gasteiger partial charge in [0, 0.05) is 0 Å². The summed E-state index contributed by atoms with van der Waals surface area (Å²) in [6, 6.07) is 0. The second kappa shape index (κ2) is 4.46. The van der Waals surface area contributed by atoms with E-state index in [4.69, 9.17) is 0 Å². The van der Waals surface area contributed by atoms with Crippen LogP contribution < -0.4 is 0 Å². The van der Waals surface area contributed by atoms with Gasteiger partial charge in [-0.2, -0.15) is 0 Å². The molecule has 2 fully saturated rings. The molecular weight excluding hydrogens is 228 g/mol. The van der Waals surface area contributed by atoms with E-state index >= 15 is 0 Å². The van der Waals surface area contributed by atoms with Gasteiger partial charge < -0.3 is 15.3 Å². The first kappa shape index (κ1) is 14.3. The molecular formula is C15H28O3. The molecule has 106 valence electrons. The molecule has 0 aromatic heterocycles. The van der Waals surface area contributed by atoms with Crippen molar-refractivity contribution in [1.29, 1.82) is 0 Å². The molecule has 2 aliphatic carbocycles. The van der Waals surface area contributed by atoms with E-state index in [2.05, 4.69) is 13.8 Å². The molecule has 0 saturated heterocycles. The van der Waals surface area contributed by atoms with E-state index in [0.717, 1.165) is 19.3 Å². The fraction of sp³-hybridized carbons (Fsp3) is 1.00. The van der Waals surface area contributed by atoms with Crippen LogP contribution in [-0.4, -0.2) is 32.6 Å². The Morgan fingerprint density at radius 1 is 1.00 bits per heavy atom. The van der Waals surface area contributed by atoms with Gasteiger partial charge in [-0.05, 0) is 63.2 Å². The van der Waals surface area contributed by atoms with Crippen LogP contribution in [0.4, 0.5) is 0 Å². The van der Waals surface area contributed by atoms with E-state index in [9.17, 15) is 15.3 Å². The van der Waals surface area contributed by atoms with Crippen molar-refractivity contribution in [3.8, 4) is 0 Å². The first-order valence-electron chi connectivity index (χ1n) is 7.29. The number of aliphatic hydroxyl groups is 3. The van der Waals surface area contributed by atoms with E-state index in [1.165, 1.54) is 0 Å². The number of fused-ring (bicyclic) bond motifs is 1. The first-order valence-corrected chi connectivity index (χ1v) is 7.29. The van der Waals surface area contributed by atoms with Crippen LogP contribution in [0, 0.1) is 23.7 Å². The average molecular weight is 256 g/mol. The van der Waals surface area contributed by atoms with Crippen molar-refractivity contribution < 1.29 is 15.3 Å². The molecule has 6 unspecified atom stereocenters. The van der Waals surface area contributed by atoms with Crippen molar-refractivity contribution in [3.63, 3.8) is 0 Å². The lowest BCUT2D eigenvalue weighted by Crippen LogP contribution is -2.60. The number of aliphatic hydroxyl groups excluding tert-OH is 1. The summed E-state index contributed by atoms with van der Waals surface area (Å²) in [5.41, 5.74) is -1.69. The van der Waals surface area contributed by atoms with Crippen LogP contribution in [-0.2, 0) is 0 Å². The molecule has 3 heteroatoms. The first-order chi connectivity index (χ1) is 8.17. The van der Waals surface area contributed by atoms with Crippen LogP contribution in [0.2, 0.25) is 0 Å². The van der Waals surface area contributed by atoms with Gasteiger partial charge in [0.25, 0.3) is 0 Å². The fourth-order valence-corrected chi connectivity index (χ4v) is 4.30. The van der Waals surface area contributed by atoms with Crippen molar-refractivity contribution in [2.75, 3.05) is 0 Å². The zero-order chi connectivity index (χ0) is 13.7. The quantitative estimate of drug-likeness (QED) is 0.672. The van der Waals surface area contributed by atoms with Crippen LogP contribution in [0.15, 0.2) is 0 Å². The number of hydrogen-bond acceptors (Lipinski definition) is 3. The molecule has 2 saturated carbocycles. The Labute approximate surface area is 110 Å². The summed E-state index contributed by atoms with van der Waals surface area (Å²) in [7, 11) is 0. The summed E-state index contributed by atoms with van der Waals surface area (Å²) >= 11 is 0. The summed E-state index contributed by atoms with van der Waals surface area (Å²) in [6.07, 6.45) is 2.43. The van der Waals surface area contributed by atoms with E-state index in [-0.39, 0.29) is 11.8 Å². The maximum Gasteiger partial charge on any atom is 0.0880 e. The fourth-order valence-electron chi connectivity index (χ4n) is 4.30. The third-order valence-corrected chi connectivity index (χ3v) is 5.56. The molecule has 2 rings (SSSR count). The van der Waals surface area contributed by atoms with Crippen molar-refractivity contribution in [1.82, 2.24) is 0 Å². The standard InChI is InChI=1S/C15H28O3/c1-9(2)10-5-7-14(3,17)11-6-8-15(4,18)13(16)12(10)11/h9-13,16-18H,5-8H2,1-4H3. The van der Waals surface area contributed by atoms with E-state index in [1.54, 1.807) is 6.92 Å². The summed E-state index contributed by atoms with van der Waals surface area (Å²) in [5, 5.41) is 31.4. The minimum Gasteiger partial charge on any atom is -0.390 e. The number of hydrogen-bond donors (Lipinski definition) is 3. The third kappa shape index (κ3) is 2.21.